The Hall–Kier alpha value is 0. The van der Waals surface area contributed by atoms with Gasteiger partial charge in [-0.1, -0.05) is 47.0 Å². The van der Waals surface area contributed by atoms with Crippen LogP contribution in [0.3, 0.4) is 0 Å². The van der Waals surface area contributed by atoms with E-state index in [9.17, 15) is 0 Å². The normalized spacial score (nSPS) is 15.3. The SMILES string of the molecule is [CH2]C(C)(C)C(C)CCCC. The fraction of sp³-hybridized carbons (Fsp3) is 0.900. The maximum absolute atomic E-state index is 4.12. The molecule has 1 unspecified atom stereocenters. The van der Waals surface area contributed by atoms with E-state index < -0.39 is 0 Å². The monoisotopic (exact) mass is 141 g/mol. The van der Waals surface area contributed by atoms with E-state index in [4.69, 9.17) is 0 Å². The quantitative estimate of drug-likeness (QED) is 0.560. The van der Waals surface area contributed by atoms with E-state index in [1.54, 1.807) is 0 Å². The molecular weight excluding hydrogens is 120 g/mol. The Kier molecular flexibility index (Phi) is 4.00. The van der Waals surface area contributed by atoms with Crippen LogP contribution in [0.15, 0.2) is 0 Å². The lowest BCUT2D eigenvalue weighted by molar-refractivity contribution is 0.280. The molecule has 1 radical (unpaired) electrons. The highest BCUT2D eigenvalue weighted by molar-refractivity contribution is 4.76. The van der Waals surface area contributed by atoms with Gasteiger partial charge in [0.1, 0.15) is 0 Å². The zero-order valence-electron chi connectivity index (χ0n) is 7.91. The molecule has 0 aliphatic carbocycles. The Morgan fingerprint density at radius 2 is 1.90 bits per heavy atom. The van der Waals surface area contributed by atoms with Gasteiger partial charge < -0.3 is 0 Å². The van der Waals surface area contributed by atoms with Crippen molar-refractivity contribution >= 4 is 0 Å². The van der Waals surface area contributed by atoms with Crippen molar-refractivity contribution in [3.63, 3.8) is 0 Å². The van der Waals surface area contributed by atoms with Crippen molar-refractivity contribution < 1.29 is 0 Å². The molecule has 0 fully saturated rings. The van der Waals surface area contributed by atoms with E-state index >= 15 is 0 Å². The summed E-state index contributed by atoms with van der Waals surface area (Å²) in [6.45, 7) is 13.1. The lowest BCUT2D eigenvalue weighted by Gasteiger charge is -2.26. The molecular formula is C10H21. The first-order valence-electron chi connectivity index (χ1n) is 4.33. The summed E-state index contributed by atoms with van der Waals surface area (Å²) in [5.74, 6) is 0.757. The van der Waals surface area contributed by atoms with Crippen molar-refractivity contribution in [2.24, 2.45) is 11.3 Å². The highest BCUT2D eigenvalue weighted by Gasteiger charge is 2.18. The number of hydrogen-bond donors (Lipinski definition) is 0. The van der Waals surface area contributed by atoms with Crippen LogP contribution in [0.1, 0.15) is 47.0 Å². The van der Waals surface area contributed by atoms with E-state index in [1.807, 2.05) is 0 Å². The van der Waals surface area contributed by atoms with Gasteiger partial charge in [0.15, 0.2) is 0 Å². The van der Waals surface area contributed by atoms with Gasteiger partial charge in [0.25, 0.3) is 0 Å². The second kappa shape index (κ2) is 4.00. The van der Waals surface area contributed by atoms with Crippen LogP contribution in [0, 0.1) is 18.3 Å². The van der Waals surface area contributed by atoms with Crippen molar-refractivity contribution in [2.75, 3.05) is 0 Å². The minimum absolute atomic E-state index is 0.259. The largest absolute Gasteiger partial charge is 0.0654 e. The first-order valence-corrected chi connectivity index (χ1v) is 4.33. The molecule has 0 aromatic carbocycles. The average molecular weight is 141 g/mol. The minimum atomic E-state index is 0.259. The average Bonchev–Trinajstić information content (AvgIpc) is 1.80. The summed E-state index contributed by atoms with van der Waals surface area (Å²) in [7, 11) is 0. The molecule has 0 aliphatic heterocycles. The number of hydrogen-bond acceptors (Lipinski definition) is 0. The van der Waals surface area contributed by atoms with Crippen molar-refractivity contribution in [1.29, 1.82) is 0 Å². The Morgan fingerprint density at radius 1 is 1.40 bits per heavy atom. The van der Waals surface area contributed by atoms with E-state index in [0.29, 0.717) is 0 Å². The maximum Gasteiger partial charge on any atom is -0.0328 e. The van der Waals surface area contributed by atoms with E-state index in [0.717, 1.165) is 5.92 Å². The topological polar surface area (TPSA) is 0 Å². The second-order valence-electron chi connectivity index (χ2n) is 4.03. The molecule has 10 heavy (non-hydrogen) atoms. The summed E-state index contributed by atoms with van der Waals surface area (Å²) in [6.07, 6.45) is 3.98. The summed E-state index contributed by atoms with van der Waals surface area (Å²) in [4.78, 5) is 0. The molecule has 1 atom stereocenters. The van der Waals surface area contributed by atoms with Gasteiger partial charge in [-0.05, 0) is 18.3 Å². The summed E-state index contributed by atoms with van der Waals surface area (Å²) in [5, 5.41) is 0. The van der Waals surface area contributed by atoms with Gasteiger partial charge in [-0.2, -0.15) is 0 Å². The van der Waals surface area contributed by atoms with Crippen molar-refractivity contribution in [2.45, 2.75) is 47.0 Å². The molecule has 0 saturated carbocycles. The third kappa shape index (κ3) is 3.92. The van der Waals surface area contributed by atoms with Gasteiger partial charge in [-0.15, -0.1) is 0 Å². The molecule has 0 amide bonds. The zero-order chi connectivity index (χ0) is 8.20. The van der Waals surface area contributed by atoms with Gasteiger partial charge in [0, 0.05) is 0 Å². The molecule has 0 nitrogen and oxygen atoms in total. The molecule has 0 rings (SSSR count). The van der Waals surface area contributed by atoms with Crippen LogP contribution < -0.4 is 0 Å². The first kappa shape index (κ1) is 10.0. The van der Waals surface area contributed by atoms with Crippen LogP contribution >= 0.6 is 0 Å². The Balaban J connectivity index is 3.52. The van der Waals surface area contributed by atoms with Crippen LogP contribution in [0.2, 0.25) is 0 Å². The lowest BCUT2D eigenvalue weighted by atomic mass is 9.79. The predicted molar refractivity (Wildman–Crippen MR) is 47.8 cm³/mol. The molecule has 0 N–H and O–H groups in total. The molecule has 0 bridgehead atoms. The number of unbranched alkanes of at least 4 members (excludes halogenated alkanes) is 1. The van der Waals surface area contributed by atoms with Gasteiger partial charge >= 0.3 is 0 Å². The third-order valence-corrected chi connectivity index (χ3v) is 2.32. The van der Waals surface area contributed by atoms with Crippen molar-refractivity contribution in [3.8, 4) is 0 Å². The maximum atomic E-state index is 4.12. The predicted octanol–water partition coefficient (Wildman–Crippen LogP) is 3.67. The van der Waals surface area contributed by atoms with Crippen LogP contribution in [0.5, 0.6) is 0 Å². The Labute approximate surface area is 66.0 Å². The Morgan fingerprint density at radius 3 is 2.20 bits per heavy atom. The summed E-state index contributed by atoms with van der Waals surface area (Å²) in [5.41, 5.74) is 0.259. The summed E-state index contributed by atoms with van der Waals surface area (Å²) >= 11 is 0. The molecule has 0 aromatic rings. The second-order valence-corrected chi connectivity index (χ2v) is 4.03. The molecule has 0 aromatic heterocycles. The van der Waals surface area contributed by atoms with Gasteiger partial charge in [-0.25, -0.2) is 0 Å². The zero-order valence-corrected chi connectivity index (χ0v) is 7.91. The first-order chi connectivity index (χ1) is 4.48. The highest BCUT2D eigenvalue weighted by Crippen LogP contribution is 2.28. The standard InChI is InChI=1S/C10H21/c1-6-7-8-9(2)10(3,4)5/h9H,3,6-8H2,1-2,4-5H3. The lowest BCUT2D eigenvalue weighted by Crippen LogP contribution is -2.17. The molecule has 0 spiro atoms. The number of rotatable bonds is 4. The van der Waals surface area contributed by atoms with E-state index in [1.165, 1.54) is 19.3 Å². The molecule has 0 saturated heterocycles. The van der Waals surface area contributed by atoms with Crippen LogP contribution in [0.25, 0.3) is 0 Å². The Bertz CT molecular complexity index is 76.5. The van der Waals surface area contributed by atoms with Gasteiger partial charge in [0.05, 0.1) is 0 Å². The summed E-state index contributed by atoms with van der Waals surface area (Å²) in [6, 6.07) is 0. The molecule has 0 heteroatoms. The van der Waals surface area contributed by atoms with Crippen molar-refractivity contribution in [1.82, 2.24) is 0 Å². The van der Waals surface area contributed by atoms with E-state index in [2.05, 4.69) is 34.6 Å². The van der Waals surface area contributed by atoms with Crippen LogP contribution in [-0.2, 0) is 0 Å². The van der Waals surface area contributed by atoms with Crippen LogP contribution in [0.4, 0.5) is 0 Å². The fourth-order valence-corrected chi connectivity index (χ4v) is 0.901. The fourth-order valence-electron chi connectivity index (χ4n) is 0.901. The smallest absolute Gasteiger partial charge is 0.0328 e. The molecule has 0 heterocycles. The van der Waals surface area contributed by atoms with Crippen LogP contribution in [-0.4, -0.2) is 0 Å². The third-order valence-electron chi connectivity index (χ3n) is 2.32. The summed E-state index contributed by atoms with van der Waals surface area (Å²) < 4.78 is 0. The molecule has 0 aliphatic rings. The minimum Gasteiger partial charge on any atom is -0.0654 e. The van der Waals surface area contributed by atoms with E-state index in [-0.39, 0.29) is 5.41 Å². The van der Waals surface area contributed by atoms with Gasteiger partial charge in [0.2, 0.25) is 0 Å². The highest BCUT2D eigenvalue weighted by atomic mass is 14.2. The molecule has 61 valence electrons. The van der Waals surface area contributed by atoms with Crippen molar-refractivity contribution in [3.05, 3.63) is 6.92 Å². The van der Waals surface area contributed by atoms with Gasteiger partial charge in [-0.3, -0.25) is 0 Å².